The van der Waals surface area contributed by atoms with E-state index in [4.69, 9.17) is 9.26 Å². The van der Waals surface area contributed by atoms with E-state index in [1.54, 1.807) is 7.11 Å². The molecule has 1 aromatic heterocycles. The molecule has 3 aromatic rings. The first-order chi connectivity index (χ1) is 13.2. The summed E-state index contributed by atoms with van der Waals surface area (Å²) in [5.74, 6) is 1.77. The summed E-state index contributed by atoms with van der Waals surface area (Å²) in [4.78, 5) is 19.3. The van der Waals surface area contributed by atoms with Crippen molar-refractivity contribution < 1.29 is 14.1 Å². The maximum atomic E-state index is 12.9. The fourth-order valence-corrected chi connectivity index (χ4v) is 3.36. The van der Waals surface area contributed by atoms with Crippen molar-refractivity contribution in [1.82, 2.24) is 15.0 Å². The fourth-order valence-electron chi connectivity index (χ4n) is 3.36. The summed E-state index contributed by atoms with van der Waals surface area (Å²) in [6.07, 6.45) is 1.74. The SMILES string of the molecule is COc1ccc(-c2noc(C3CCCN3C(=O)c3ccc(C)cc3)n2)cc1. The number of ether oxygens (including phenoxy) is 1. The van der Waals surface area contributed by atoms with Gasteiger partial charge in [0.1, 0.15) is 11.8 Å². The van der Waals surface area contributed by atoms with Crippen molar-refractivity contribution in [3.8, 4) is 17.1 Å². The standard InChI is InChI=1S/C21H21N3O3/c1-14-5-7-16(8-6-14)21(25)24-13-3-4-18(24)20-22-19(23-27-20)15-9-11-17(26-2)12-10-15/h5-12,18H,3-4,13H2,1-2H3. The Morgan fingerprint density at radius 2 is 1.89 bits per heavy atom. The highest BCUT2D eigenvalue weighted by atomic mass is 16.5. The van der Waals surface area contributed by atoms with E-state index in [0.29, 0.717) is 23.8 Å². The van der Waals surface area contributed by atoms with Crippen LogP contribution in [0, 0.1) is 6.92 Å². The Kier molecular flexibility index (Phi) is 4.62. The molecule has 0 N–H and O–H groups in total. The van der Waals surface area contributed by atoms with E-state index in [0.717, 1.165) is 29.7 Å². The molecule has 2 heterocycles. The summed E-state index contributed by atoms with van der Waals surface area (Å²) in [6, 6.07) is 14.9. The monoisotopic (exact) mass is 363 g/mol. The largest absolute Gasteiger partial charge is 0.497 e. The molecule has 1 aliphatic rings. The number of benzene rings is 2. The number of hydrogen-bond donors (Lipinski definition) is 0. The van der Waals surface area contributed by atoms with E-state index in [2.05, 4.69) is 10.1 Å². The summed E-state index contributed by atoms with van der Waals surface area (Å²) in [6.45, 7) is 2.70. The van der Waals surface area contributed by atoms with Crippen LogP contribution in [0.2, 0.25) is 0 Å². The second kappa shape index (κ2) is 7.23. The van der Waals surface area contributed by atoms with Crippen molar-refractivity contribution in [3.63, 3.8) is 0 Å². The third-order valence-corrected chi connectivity index (χ3v) is 4.89. The molecule has 0 spiro atoms. The van der Waals surface area contributed by atoms with Gasteiger partial charge >= 0.3 is 0 Å². The molecule has 1 atom stereocenters. The zero-order valence-corrected chi connectivity index (χ0v) is 15.4. The van der Waals surface area contributed by atoms with Gasteiger partial charge in [-0.1, -0.05) is 22.9 Å². The van der Waals surface area contributed by atoms with Gasteiger partial charge in [0, 0.05) is 17.7 Å². The average Bonchev–Trinajstić information content (AvgIpc) is 3.37. The Bertz CT molecular complexity index is 932. The molecule has 0 bridgehead atoms. The number of likely N-dealkylation sites (tertiary alicyclic amines) is 1. The van der Waals surface area contributed by atoms with E-state index >= 15 is 0 Å². The Balaban J connectivity index is 1.56. The summed E-state index contributed by atoms with van der Waals surface area (Å²) < 4.78 is 10.7. The maximum Gasteiger partial charge on any atom is 0.254 e. The van der Waals surface area contributed by atoms with Crippen molar-refractivity contribution in [2.75, 3.05) is 13.7 Å². The maximum absolute atomic E-state index is 12.9. The number of hydrogen-bond acceptors (Lipinski definition) is 5. The molecule has 2 aromatic carbocycles. The highest BCUT2D eigenvalue weighted by molar-refractivity contribution is 5.94. The van der Waals surface area contributed by atoms with Gasteiger partial charge in [0.2, 0.25) is 11.7 Å². The van der Waals surface area contributed by atoms with Crippen LogP contribution in [-0.2, 0) is 0 Å². The normalized spacial score (nSPS) is 16.5. The predicted octanol–water partition coefficient (Wildman–Crippen LogP) is 4.03. The molecule has 1 saturated heterocycles. The number of methoxy groups -OCH3 is 1. The second-order valence-corrected chi connectivity index (χ2v) is 6.71. The van der Waals surface area contributed by atoms with Crippen molar-refractivity contribution in [1.29, 1.82) is 0 Å². The van der Waals surface area contributed by atoms with Gasteiger partial charge in [-0.3, -0.25) is 4.79 Å². The van der Waals surface area contributed by atoms with Gasteiger partial charge in [0.05, 0.1) is 7.11 Å². The third kappa shape index (κ3) is 3.43. The fraction of sp³-hybridized carbons (Fsp3) is 0.286. The predicted molar refractivity (Wildman–Crippen MR) is 100 cm³/mol. The third-order valence-electron chi connectivity index (χ3n) is 4.89. The number of rotatable bonds is 4. The van der Waals surface area contributed by atoms with Crippen LogP contribution >= 0.6 is 0 Å². The molecule has 1 fully saturated rings. The molecule has 138 valence electrons. The lowest BCUT2D eigenvalue weighted by atomic mass is 10.1. The minimum Gasteiger partial charge on any atom is -0.497 e. The van der Waals surface area contributed by atoms with Crippen molar-refractivity contribution in [2.24, 2.45) is 0 Å². The van der Waals surface area contributed by atoms with Crippen LogP contribution in [0.1, 0.15) is 40.7 Å². The minimum absolute atomic E-state index is 0.00157. The van der Waals surface area contributed by atoms with Crippen molar-refractivity contribution in [3.05, 3.63) is 65.5 Å². The lowest BCUT2D eigenvalue weighted by Crippen LogP contribution is -2.30. The summed E-state index contributed by atoms with van der Waals surface area (Å²) in [5.41, 5.74) is 2.66. The molecule has 1 aliphatic heterocycles. The number of carbonyl (C=O) groups excluding carboxylic acids is 1. The first kappa shape index (κ1) is 17.3. The Hall–Kier alpha value is -3.15. The smallest absolute Gasteiger partial charge is 0.254 e. The first-order valence-electron chi connectivity index (χ1n) is 9.01. The Labute approximate surface area is 157 Å². The zero-order chi connectivity index (χ0) is 18.8. The second-order valence-electron chi connectivity index (χ2n) is 6.71. The minimum atomic E-state index is -0.182. The van der Waals surface area contributed by atoms with Gasteiger partial charge in [0.15, 0.2) is 0 Å². The van der Waals surface area contributed by atoms with Gasteiger partial charge in [0.25, 0.3) is 5.91 Å². The summed E-state index contributed by atoms with van der Waals surface area (Å²) in [7, 11) is 1.63. The van der Waals surface area contributed by atoms with Crippen LogP contribution < -0.4 is 4.74 Å². The van der Waals surface area contributed by atoms with Crippen LogP contribution in [0.5, 0.6) is 5.75 Å². The molecular formula is C21H21N3O3. The van der Waals surface area contributed by atoms with E-state index in [9.17, 15) is 4.79 Å². The number of carbonyl (C=O) groups is 1. The van der Waals surface area contributed by atoms with Crippen LogP contribution in [0.25, 0.3) is 11.4 Å². The quantitative estimate of drug-likeness (QED) is 0.700. The number of amides is 1. The van der Waals surface area contributed by atoms with Gasteiger partial charge in [-0.05, 0) is 56.2 Å². The van der Waals surface area contributed by atoms with Crippen LogP contribution in [0.15, 0.2) is 53.1 Å². The highest BCUT2D eigenvalue weighted by Crippen LogP contribution is 2.33. The van der Waals surface area contributed by atoms with E-state index in [-0.39, 0.29) is 11.9 Å². The summed E-state index contributed by atoms with van der Waals surface area (Å²) >= 11 is 0. The van der Waals surface area contributed by atoms with Gasteiger partial charge < -0.3 is 14.2 Å². The number of nitrogens with zero attached hydrogens (tertiary/aromatic N) is 3. The lowest BCUT2D eigenvalue weighted by molar-refractivity contribution is 0.0710. The van der Waals surface area contributed by atoms with Gasteiger partial charge in [-0.25, -0.2) is 0 Å². The molecule has 0 aliphatic carbocycles. The Morgan fingerprint density at radius 3 is 2.59 bits per heavy atom. The van der Waals surface area contributed by atoms with Crippen molar-refractivity contribution in [2.45, 2.75) is 25.8 Å². The molecule has 4 rings (SSSR count). The molecule has 1 amide bonds. The number of aromatic nitrogens is 2. The van der Waals surface area contributed by atoms with E-state index in [1.165, 1.54) is 0 Å². The zero-order valence-electron chi connectivity index (χ0n) is 15.4. The first-order valence-corrected chi connectivity index (χ1v) is 9.01. The molecular weight excluding hydrogens is 342 g/mol. The van der Waals surface area contributed by atoms with Crippen LogP contribution in [0.3, 0.4) is 0 Å². The van der Waals surface area contributed by atoms with E-state index in [1.807, 2.05) is 60.4 Å². The highest BCUT2D eigenvalue weighted by Gasteiger charge is 2.34. The molecule has 6 nitrogen and oxygen atoms in total. The molecule has 1 unspecified atom stereocenters. The van der Waals surface area contributed by atoms with Crippen LogP contribution in [-0.4, -0.2) is 34.6 Å². The molecule has 6 heteroatoms. The van der Waals surface area contributed by atoms with Gasteiger partial charge in [-0.15, -0.1) is 0 Å². The van der Waals surface area contributed by atoms with Crippen molar-refractivity contribution >= 4 is 5.91 Å². The van der Waals surface area contributed by atoms with E-state index < -0.39 is 0 Å². The topological polar surface area (TPSA) is 68.5 Å². The van der Waals surface area contributed by atoms with Crippen LogP contribution in [0.4, 0.5) is 0 Å². The number of aryl methyl sites for hydroxylation is 1. The Morgan fingerprint density at radius 1 is 1.15 bits per heavy atom. The average molecular weight is 363 g/mol. The van der Waals surface area contributed by atoms with Gasteiger partial charge in [-0.2, -0.15) is 4.98 Å². The lowest BCUT2D eigenvalue weighted by Gasteiger charge is -2.22. The summed E-state index contributed by atoms with van der Waals surface area (Å²) in [5, 5.41) is 4.10. The molecule has 0 radical (unpaired) electrons. The molecule has 27 heavy (non-hydrogen) atoms. The molecule has 0 saturated carbocycles.